The number of carbonyl (C=O) groups is 2. The molecule has 2 aromatic rings. The first-order chi connectivity index (χ1) is 18.8. The minimum absolute atomic E-state index is 0.0562. The number of sulfone groups is 1. The summed E-state index contributed by atoms with van der Waals surface area (Å²) in [6.45, 7) is 2.31. The maximum atomic E-state index is 14.4. The minimum atomic E-state index is -4.75. The number of likely N-dealkylation sites (tertiary alicyclic amines) is 1. The number of nitrogens with zero attached hydrogens (tertiary/aromatic N) is 3. The van der Waals surface area contributed by atoms with Crippen LogP contribution in [-0.4, -0.2) is 71.3 Å². The van der Waals surface area contributed by atoms with Crippen LogP contribution in [0.5, 0.6) is 0 Å². The number of aromatic nitrogens is 2. The Morgan fingerprint density at radius 3 is 2.40 bits per heavy atom. The molecule has 1 saturated heterocycles. The molecule has 2 amide bonds. The van der Waals surface area contributed by atoms with Crippen LogP contribution in [0, 0.1) is 0 Å². The fourth-order valence-corrected chi connectivity index (χ4v) is 7.77. The van der Waals surface area contributed by atoms with Crippen LogP contribution < -0.4 is 10.6 Å². The Labute approximate surface area is 234 Å². The smallest absolute Gasteiger partial charge is 0.367 e. The number of alkyl halides is 3. The Morgan fingerprint density at radius 1 is 1.10 bits per heavy atom. The third-order valence-electron chi connectivity index (χ3n) is 8.03. The molecule has 0 radical (unpaired) electrons. The van der Waals surface area contributed by atoms with Crippen LogP contribution in [0.3, 0.4) is 0 Å². The lowest BCUT2D eigenvalue weighted by Gasteiger charge is -2.34. The highest BCUT2D eigenvalue weighted by Crippen LogP contribution is 2.42. The number of thiazole rings is 1. The number of hydrogen-bond acceptors (Lipinski definition) is 8. The van der Waals surface area contributed by atoms with Crippen molar-refractivity contribution in [2.24, 2.45) is 0 Å². The zero-order chi connectivity index (χ0) is 28.8. The van der Waals surface area contributed by atoms with Crippen LogP contribution in [0.1, 0.15) is 84.1 Å². The van der Waals surface area contributed by atoms with Crippen molar-refractivity contribution in [1.29, 1.82) is 0 Å². The van der Waals surface area contributed by atoms with Crippen molar-refractivity contribution < 1.29 is 31.2 Å². The van der Waals surface area contributed by atoms with Gasteiger partial charge in [0.2, 0.25) is 0 Å². The number of carbonyl (C=O) groups excluding carboxylic acids is 2. The van der Waals surface area contributed by atoms with Gasteiger partial charge in [0.1, 0.15) is 21.3 Å². The van der Waals surface area contributed by atoms with E-state index in [1.807, 2.05) is 6.92 Å². The van der Waals surface area contributed by atoms with E-state index in [0.29, 0.717) is 17.9 Å². The van der Waals surface area contributed by atoms with E-state index in [1.165, 1.54) is 0 Å². The predicted molar refractivity (Wildman–Crippen MR) is 145 cm³/mol. The van der Waals surface area contributed by atoms with E-state index >= 15 is 0 Å². The Balaban J connectivity index is 1.49. The van der Waals surface area contributed by atoms with Crippen LogP contribution in [0.4, 0.5) is 19.0 Å². The van der Waals surface area contributed by atoms with Gasteiger partial charge in [-0.15, -0.1) is 11.3 Å². The SMILES string of the molecule is C[C@H]1CCCN1C(=O)c1nc(C(=O)NC2CC(S(C)(=O)=O)C2)sc1-c1cnc(NC2CCCC2)cc1C(F)(F)F. The molecule has 0 aromatic carbocycles. The molecule has 1 aliphatic heterocycles. The van der Waals surface area contributed by atoms with E-state index in [4.69, 9.17) is 0 Å². The van der Waals surface area contributed by atoms with Gasteiger partial charge in [0.25, 0.3) is 11.8 Å². The Morgan fingerprint density at radius 2 is 1.80 bits per heavy atom. The largest absolute Gasteiger partial charge is 0.417 e. The molecule has 3 fully saturated rings. The fraction of sp³-hybridized carbons (Fsp3) is 0.615. The Hall–Kier alpha value is -2.74. The third kappa shape index (κ3) is 5.97. The Bertz CT molecular complexity index is 1400. The molecule has 3 heterocycles. The number of rotatable bonds is 7. The van der Waals surface area contributed by atoms with Crippen LogP contribution in [0.2, 0.25) is 0 Å². The zero-order valence-electron chi connectivity index (χ0n) is 22.3. The summed E-state index contributed by atoms with van der Waals surface area (Å²) in [5.74, 6) is -1.08. The molecule has 2 saturated carbocycles. The average Bonchev–Trinajstić information content (AvgIpc) is 3.60. The average molecular weight is 600 g/mol. The van der Waals surface area contributed by atoms with Crippen molar-refractivity contribution in [3.8, 4) is 10.4 Å². The van der Waals surface area contributed by atoms with Crippen LogP contribution in [0.15, 0.2) is 12.3 Å². The molecule has 2 N–H and O–H groups in total. The molecule has 218 valence electrons. The van der Waals surface area contributed by atoms with Gasteiger partial charge in [-0.1, -0.05) is 12.8 Å². The quantitative estimate of drug-likeness (QED) is 0.481. The molecule has 2 aromatic heterocycles. The molecular weight excluding hydrogens is 567 g/mol. The predicted octanol–water partition coefficient (Wildman–Crippen LogP) is 4.51. The summed E-state index contributed by atoms with van der Waals surface area (Å²) in [6.07, 6.45) is 3.24. The van der Waals surface area contributed by atoms with E-state index in [-0.39, 0.29) is 51.9 Å². The van der Waals surface area contributed by atoms with Crippen LogP contribution >= 0.6 is 11.3 Å². The topological polar surface area (TPSA) is 121 Å². The number of anilines is 1. The maximum Gasteiger partial charge on any atom is 0.417 e. The summed E-state index contributed by atoms with van der Waals surface area (Å²) in [7, 11) is -3.23. The van der Waals surface area contributed by atoms with Gasteiger partial charge in [0, 0.05) is 42.7 Å². The zero-order valence-corrected chi connectivity index (χ0v) is 23.9. The van der Waals surface area contributed by atoms with E-state index in [1.54, 1.807) is 4.90 Å². The second-order valence-electron chi connectivity index (χ2n) is 11.0. The van der Waals surface area contributed by atoms with Gasteiger partial charge >= 0.3 is 6.18 Å². The van der Waals surface area contributed by atoms with Crippen LogP contribution in [0.25, 0.3) is 10.4 Å². The van der Waals surface area contributed by atoms with Crippen molar-refractivity contribution in [2.45, 2.75) is 87.8 Å². The van der Waals surface area contributed by atoms with Crippen molar-refractivity contribution in [2.75, 3.05) is 18.1 Å². The van der Waals surface area contributed by atoms with E-state index in [9.17, 15) is 31.2 Å². The minimum Gasteiger partial charge on any atom is -0.367 e. The van der Waals surface area contributed by atoms with Gasteiger partial charge in [-0.05, 0) is 51.5 Å². The van der Waals surface area contributed by atoms with Crippen molar-refractivity contribution >= 4 is 38.8 Å². The number of halogens is 3. The summed E-state index contributed by atoms with van der Waals surface area (Å²) in [4.78, 5) is 36.6. The summed E-state index contributed by atoms with van der Waals surface area (Å²) in [6, 6.07) is 0.506. The monoisotopic (exact) mass is 599 g/mol. The molecule has 0 unspecified atom stereocenters. The molecule has 5 rings (SSSR count). The van der Waals surface area contributed by atoms with Crippen molar-refractivity contribution in [3.63, 3.8) is 0 Å². The molecular formula is C26H32F3N5O4S2. The maximum absolute atomic E-state index is 14.4. The molecule has 0 spiro atoms. The Kier molecular flexibility index (Phi) is 7.85. The molecule has 40 heavy (non-hydrogen) atoms. The summed E-state index contributed by atoms with van der Waals surface area (Å²) in [5.41, 5.74) is -1.48. The fourth-order valence-electron chi connectivity index (χ4n) is 5.63. The van der Waals surface area contributed by atoms with Crippen LogP contribution in [-0.2, 0) is 16.0 Å². The van der Waals surface area contributed by atoms with E-state index < -0.39 is 44.7 Å². The van der Waals surface area contributed by atoms with Gasteiger partial charge < -0.3 is 15.5 Å². The summed E-state index contributed by atoms with van der Waals surface area (Å²) >= 11 is 0.712. The van der Waals surface area contributed by atoms with Crippen molar-refractivity contribution in [3.05, 3.63) is 28.5 Å². The van der Waals surface area contributed by atoms with E-state index in [0.717, 1.165) is 57.0 Å². The second-order valence-corrected chi connectivity index (χ2v) is 14.3. The first-order valence-corrected chi connectivity index (χ1v) is 16.2. The highest BCUT2D eigenvalue weighted by molar-refractivity contribution is 7.91. The molecule has 9 nitrogen and oxygen atoms in total. The standard InChI is InChI=1S/C26H32F3N5O4S2/c1-14-6-5-9-34(14)25(36)21-22(39-24(33-21)23(35)32-16-10-17(11-16)40(2,37)38)18-13-30-20(12-19(18)26(27,28)29)31-15-7-3-4-8-15/h12-17H,3-11H2,1-2H3,(H,30,31)(H,32,35)/t14-,16?,17?/m0/s1. The van der Waals surface area contributed by atoms with Gasteiger partial charge in [-0.25, -0.2) is 18.4 Å². The normalized spacial score (nSPS) is 23.7. The van der Waals surface area contributed by atoms with E-state index in [2.05, 4.69) is 20.6 Å². The highest BCUT2D eigenvalue weighted by Gasteiger charge is 2.40. The van der Waals surface area contributed by atoms with Gasteiger partial charge in [0.05, 0.1) is 15.7 Å². The van der Waals surface area contributed by atoms with Crippen molar-refractivity contribution in [1.82, 2.24) is 20.2 Å². The van der Waals surface area contributed by atoms with Gasteiger partial charge in [0.15, 0.2) is 5.01 Å². The molecule has 2 aliphatic carbocycles. The second kappa shape index (κ2) is 10.9. The lowest BCUT2D eigenvalue weighted by Crippen LogP contribution is -2.49. The number of amides is 2. The molecule has 14 heteroatoms. The highest BCUT2D eigenvalue weighted by atomic mass is 32.2. The summed E-state index contributed by atoms with van der Waals surface area (Å²) < 4.78 is 66.5. The lowest BCUT2D eigenvalue weighted by atomic mass is 9.92. The lowest BCUT2D eigenvalue weighted by molar-refractivity contribution is -0.137. The van der Waals surface area contributed by atoms with Gasteiger partial charge in [-0.3, -0.25) is 9.59 Å². The molecule has 3 aliphatic rings. The summed E-state index contributed by atoms with van der Waals surface area (Å²) in [5, 5.41) is 5.09. The first-order valence-electron chi connectivity index (χ1n) is 13.5. The number of pyridine rings is 1. The third-order valence-corrected chi connectivity index (χ3v) is 10.7. The van der Waals surface area contributed by atoms with Gasteiger partial charge in [-0.2, -0.15) is 13.2 Å². The number of hydrogen-bond donors (Lipinski definition) is 2. The number of nitrogens with one attached hydrogen (secondary N) is 2. The molecule has 1 atom stereocenters. The first kappa shape index (κ1) is 28.8. The molecule has 0 bridgehead atoms.